The van der Waals surface area contributed by atoms with Gasteiger partial charge in [0.15, 0.2) is 0 Å². The summed E-state index contributed by atoms with van der Waals surface area (Å²) in [7, 11) is 0. The molecule has 116 valence electrons. The van der Waals surface area contributed by atoms with Crippen LogP contribution in [0.3, 0.4) is 0 Å². The lowest BCUT2D eigenvalue weighted by Gasteiger charge is -2.29. The average Bonchev–Trinajstić information content (AvgIpc) is 2.62. The number of halogens is 1. The van der Waals surface area contributed by atoms with E-state index in [0.29, 0.717) is 0 Å². The van der Waals surface area contributed by atoms with Crippen LogP contribution in [0.15, 0.2) is 54.7 Å². The summed E-state index contributed by atoms with van der Waals surface area (Å²) >= 11 is 0. The summed E-state index contributed by atoms with van der Waals surface area (Å²) in [6.45, 7) is 3.34. The van der Waals surface area contributed by atoms with Gasteiger partial charge >= 0.3 is 0 Å². The van der Waals surface area contributed by atoms with Crippen LogP contribution in [0.4, 0.5) is 10.1 Å². The second kappa shape index (κ2) is 5.97. The van der Waals surface area contributed by atoms with Gasteiger partial charge in [0.05, 0.1) is 18.7 Å². The fourth-order valence-electron chi connectivity index (χ4n) is 3.05. The number of nitrogens with zero attached hydrogens (tertiary/aromatic N) is 2. The standard InChI is InChI=1S/C19H17FN2O/c20-16-12-15-2-1-7-21-19(15)18(13-16)14-3-5-17(6-4-14)22-8-10-23-11-9-22/h1-7,12-13H,8-11H2. The van der Waals surface area contributed by atoms with E-state index in [0.717, 1.165) is 48.3 Å². The summed E-state index contributed by atoms with van der Waals surface area (Å²) in [6.07, 6.45) is 1.74. The molecule has 1 saturated heterocycles. The molecule has 2 heterocycles. The topological polar surface area (TPSA) is 25.4 Å². The van der Waals surface area contributed by atoms with E-state index in [9.17, 15) is 4.39 Å². The van der Waals surface area contributed by atoms with Crippen molar-refractivity contribution in [2.75, 3.05) is 31.2 Å². The van der Waals surface area contributed by atoms with Crippen LogP contribution in [0.25, 0.3) is 22.0 Å². The predicted molar refractivity (Wildman–Crippen MR) is 90.2 cm³/mol. The number of pyridine rings is 1. The molecule has 0 N–H and O–H groups in total. The number of benzene rings is 2. The molecule has 1 aliphatic rings. The second-order valence-corrected chi connectivity index (χ2v) is 5.67. The molecular formula is C19H17FN2O. The fourth-order valence-corrected chi connectivity index (χ4v) is 3.05. The van der Waals surface area contributed by atoms with Crippen LogP contribution in [0.5, 0.6) is 0 Å². The number of hydrogen-bond acceptors (Lipinski definition) is 3. The predicted octanol–water partition coefficient (Wildman–Crippen LogP) is 3.88. The van der Waals surface area contributed by atoms with E-state index in [1.807, 2.05) is 24.3 Å². The van der Waals surface area contributed by atoms with Crippen LogP contribution in [-0.2, 0) is 4.74 Å². The largest absolute Gasteiger partial charge is 0.378 e. The summed E-state index contributed by atoms with van der Waals surface area (Å²) in [5.74, 6) is -0.238. The molecule has 1 aliphatic heterocycles. The van der Waals surface area contributed by atoms with Crippen molar-refractivity contribution in [1.82, 2.24) is 4.98 Å². The van der Waals surface area contributed by atoms with Gasteiger partial charge in [0.1, 0.15) is 5.82 Å². The van der Waals surface area contributed by atoms with E-state index in [4.69, 9.17) is 4.74 Å². The lowest BCUT2D eigenvalue weighted by Crippen LogP contribution is -2.36. The maximum atomic E-state index is 13.9. The molecule has 0 atom stereocenters. The maximum Gasteiger partial charge on any atom is 0.124 e. The molecule has 0 bridgehead atoms. The van der Waals surface area contributed by atoms with Gasteiger partial charge in [0.25, 0.3) is 0 Å². The lowest BCUT2D eigenvalue weighted by molar-refractivity contribution is 0.122. The van der Waals surface area contributed by atoms with Gasteiger partial charge in [-0.05, 0) is 35.9 Å². The Hall–Kier alpha value is -2.46. The van der Waals surface area contributed by atoms with E-state index in [1.165, 1.54) is 11.8 Å². The molecule has 3 aromatic rings. The van der Waals surface area contributed by atoms with Crippen LogP contribution in [0.2, 0.25) is 0 Å². The molecule has 1 fully saturated rings. The van der Waals surface area contributed by atoms with Crippen molar-refractivity contribution >= 4 is 16.6 Å². The molecule has 0 radical (unpaired) electrons. The smallest absolute Gasteiger partial charge is 0.124 e. The lowest BCUT2D eigenvalue weighted by atomic mass is 10.0. The third kappa shape index (κ3) is 2.78. The first-order valence-corrected chi connectivity index (χ1v) is 7.79. The molecule has 0 amide bonds. The quantitative estimate of drug-likeness (QED) is 0.718. The van der Waals surface area contributed by atoms with Gasteiger partial charge in [-0.1, -0.05) is 18.2 Å². The molecule has 4 heteroatoms. The molecule has 0 aliphatic carbocycles. The van der Waals surface area contributed by atoms with Crippen molar-refractivity contribution in [3.63, 3.8) is 0 Å². The highest BCUT2D eigenvalue weighted by molar-refractivity contribution is 5.93. The van der Waals surface area contributed by atoms with Crippen LogP contribution < -0.4 is 4.90 Å². The van der Waals surface area contributed by atoms with Crippen LogP contribution in [-0.4, -0.2) is 31.3 Å². The van der Waals surface area contributed by atoms with Crippen molar-refractivity contribution in [3.05, 3.63) is 60.5 Å². The first-order valence-electron chi connectivity index (χ1n) is 7.79. The zero-order valence-electron chi connectivity index (χ0n) is 12.7. The molecule has 0 unspecified atom stereocenters. The van der Waals surface area contributed by atoms with Gasteiger partial charge in [-0.3, -0.25) is 4.98 Å². The van der Waals surface area contributed by atoms with E-state index >= 15 is 0 Å². The van der Waals surface area contributed by atoms with Crippen LogP contribution in [0.1, 0.15) is 0 Å². The van der Waals surface area contributed by atoms with Crippen LogP contribution in [0, 0.1) is 5.82 Å². The minimum atomic E-state index is -0.238. The SMILES string of the molecule is Fc1cc(-c2ccc(N3CCOCC3)cc2)c2ncccc2c1. The Bertz CT molecular complexity index is 826. The van der Waals surface area contributed by atoms with Crippen molar-refractivity contribution in [1.29, 1.82) is 0 Å². The van der Waals surface area contributed by atoms with Crippen molar-refractivity contribution in [2.45, 2.75) is 0 Å². The third-order valence-electron chi connectivity index (χ3n) is 4.22. The number of aromatic nitrogens is 1. The highest BCUT2D eigenvalue weighted by Crippen LogP contribution is 2.30. The van der Waals surface area contributed by atoms with E-state index in [1.54, 1.807) is 12.3 Å². The summed E-state index contributed by atoms with van der Waals surface area (Å²) in [4.78, 5) is 6.72. The summed E-state index contributed by atoms with van der Waals surface area (Å²) in [6, 6.07) is 15.0. The number of anilines is 1. The minimum Gasteiger partial charge on any atom is -0.378 e. The normalized spacial score (nSPS) is 15.1. The molecule has 1 aromatic heterocycles. The maximum absolute atomic E-state index is 13.9. The molecule has 0 saturated carbocycles. The number of morpholine rings is 1. The summed E-state index contributed by atoms with van der Waals surface area (Å²) < 4.78 is 19.3. The van der Waals surface area contributed by atoms with Crippen molar-refractivity contribution in [2.24, 2.45) is 0 Å². The van der Waals surface area contributed by atoms with Crippen molar-refractivity contribution in [3.8, 4) is 11.1 Å². The van der Waals surface area contributed by atoms with Gasteiger partial charge in [-0.25, -0.2) is 4.39 Å². The second-order valence-electron chi connectivity index (χ2n) is 5.67. The first-order chi connectivity index (χ1) is 11.3. The molecule has 0 spiro atoms. The highest BCUT2D eigenvalue weighted by Gasteiger charge is 2.12. The van der Waals surface area contributed by atoms with Gasteiger partial charge in [-0.15, -0.1) is 0 Å². The van der Waals surface area contributed by atoms with Gasteiger partial charge in [-0.2, -0.15) is 0 Å². The van der Waals surface area contributed by atoms with Gasteiger partial charge < -0.3 is 9.64 Å². The minimum absolute atomic E-state index is 0.238. The Balaban J connectivity index is 1.73. The highest BCUT2D eigenvalue weighted by atomic mass is 19.1. The monoisotopic (exact) mass is 308 g/mol. The Morgan fingerprint density at radius 2 is 1.78 bits per heavy atom. The number of ether oxygens (including phenoxy) is 1. The van der Waals surface area contributed by atoms with Crippen LogP contribution >= 0.6 is 0 Å². The van der Waals surface area contributed by atoms with Gasteiger partial charge in [0.2, 0.25) is 0 Å². The van der Waals surface area contributed by atoms with Gasteiger partial charge in [0, 0.05) is 35.9 Å². The van der Waals surface area contributed by atoms with E-state index < -0.39 is 0 Å². The Kier molecular flexibility index (Phi) is 3.67. The number of hydrogen-bond donors (Lipinski definition) is 0. The number of fused-ring (bicyclic) bond motifs is 1. The zero-order chi connectivity index (χ0) is 15.6. The molecule has 4 rings (SSSR count). The first kappa shape index (κ1) is 14.2. The van der Waals surface area contributed by atoms with E-state index in [-0.39, 0.29) is 5.82 Å². The summed E-state index contributed by atoms with van der Waals surface area (Å²) in [5, 5.41) is 0.819. The average molecular weight is 308 g/mol. The Labute approximate surface area is 134 Å². The molecule has 23 heavy (non-hydrogen) atoms. The fraction of sp³-hybridized carbons (Fsp3) is 0.211. The Morgan fingerprint density at radius 3 is 2.57 bits per heavy atom. The molecule has 2 aromatic carbocycles. The summed E-state index contributed by atoms with van der Waals surface area (Å²) in [5.41, 5.74) is 3.80. The number of rotatable bonds is 2. The molecular weight excluding hydrogens is 291 g/mol. The van der Waals surface area contributed by atoms with E-state index in [2.05, 4.69) is 22.0 Å². The Morgan fingerprint density at radius 1 is 1.00 bits per heavy atom. The molecule has 3 nitrogen and oxygen atoms in total. The van der Waals surface area contributed by atoms with Crippen molar-refractivity contribution < 1.29 is 9.13 Å². The third-order valence-corrected chi connectivity index (χ3v) is 4.22. The zero-order valence-corrected chi connectivity index (χ0v) is 12.7.